The van der Waals surface area contributed by atoms with Crippen molar-refractivity contribution in [2.45, 2.75) is 25.0 Å². The second-order valence-corrected chi connectivity index (χ2v) is 2.69. The lowest BCUT2D eigenvalue weighted by molar-refractivity contribution is 0.0850. The van der Waals surface area contributed by atoms with Crippen LogP contribution in [0.1, 0.15) is 19.3 Å². The molecule has 0 N–H and O–H groups in total. The van der Waals surface area contributed by atoms with Gasteiger partial charge in [0.2, 0.25) is 0 Å². The van der Waals surface area contributed by atoms with Gasteiger partial charge in [0, 0.05) is 6.42 Å². The molecular weight excluding hydrogens is 124 g/mol. The second kappa shape index (κ2) is 1.29. The Hall–Kier alpha value is 0.0100. The van der Waals surface area contributed by atoms with Gasteiger partial charge in [-0.15, -0.1) is 0 Å². The molecule has 0 aromatic carbocycles. The van der Waals surface area contributed by atoms with Crippen molar-refractivity contribution in [3.8, 4) is 0 Å². The van der Waals surface area contributed by atoms with Gasteiger partial charge in [-0.1, -0.05) is 12.2 Å². The highest BCUT2D eigenvalue weighted by atomic mass is 32.1. The molecule has 1 aliphatic heterocycles. The van der Waals surface area contributed by atoms with E-state index < -0.39 is 0 Å². The van der Waals surface area contributed by atoms with Gasteiger partial charge in [-0.25, -0.2) is 0 Å². The summed E-state index contributed by atoms with van der Waals surface area (Å²) < 4.78 is 0. The van der Waals surface area contributed by atoms with E-state index in [1.165, 1.54) is 0 Å². The van der Waals surface area contributed by atoms with Crippen molar-refractivity contribution >= 4 is 17.1 Å². The van der Waals surface area contributed by atoms with Gasteiger partial charge in [-0.3, -0.25) is 0 Å². The van der Waals surface area contributed by atoms with Crippen molar-refractivity contribution in [1.82, 2.24) is 0 Å². The quantitative estimate of drug-likeness (QED) is 0.280. The Balaban J connectivity index is 2.23. The summed E-state index contributed by atoms with van der Waals surface area (Å²) in [6, 6.07) is 0. The molecular formula is C5H6O2S. The predicted molar refractivity (Wildman–Crippen MR) is 31.3 cm³/mol. The Morgan fingerprint density at radius 1 is 1.50 bits per heavy atom. The maximum absolute atomic E-state index is 4.97. The average molecular weight is 130 g/mol. The molecule has 44 valence electrons. The van der Waals surface area contributed by atoms with E-state index in [-0.39, 0.29) is 5.79 Å². The first kappa shape index (κ1) is 4.85. The van der Waals surface area contributed by atoms with Crippen LogP contribution in [-0.4, -0.2) is 10.7 Å². The molecule has 0 radical (unpaired) electrons. The van der Waals surface area contributed by atoms with Crippen molar-refractivity contribution < 1.29 is 9.78 Å². The fourth-order valence-corrected chi connectivity index (χ4v) is 1.35. The van der Waals surface area contributed by atoms with Crippen molar-refractivity contribution in [2.24, 2.45) is 0 Å². The van der Waals surface area contributed by atoms with Crippen LogP contribution in [0.4, 0.5) is 0 Å². The fourth-order valence-electron chi connectivity index (χ4n) is 1.04. The van der Waals surface area contributed by atoms with Crippen molar-refractivity contribution in [1.29, 1.82) is 0 Å². The Morgan fingerprint density at radius 3 is 2.50 bits per heavy atom. The summed E-state index contributed by atoms with van der Waals surface area (Å²) in [5, 5.41) is 0. The first-order valence-corrected chi connectivity index (χ1v) is 3.14. The molecule has 0 bridgehead atoms. The first-order chi connectivity index (χ1) is 3.83. The summed E-state index contributed by atoms with van der Waals surface area (Å²) in [5.74, 6) is -0.366. The van der Waals surface area contributed by atoms with Crippen LogP contribution < -0.4 is 0 Å². The molecule has 0 unspecified atom stereocenters. The van der Waals surface area contributed by atoms with Gasteiger partial charge in [-0.05, 0) is 12.8 Å². The van der Waals surface area contributed by atoms with E-state index in [1.54, 1.807) is 0 Å². The summed E-state index contributed by atoms with van der Waals surface area (Å²) in [5.41, 5.74) is 0. The van der Waals surface area contributed by atoms with Crippen LogP contribution in [0, 0.1) is 0 Å². The molecule has 1 heterocycles. The molecule has 1 aliphatic carbocycles. The maximum Gasteiger partial charge on any atom is 0.265 e. The molecule has 0 aromatic rings. The standard InChI is InChI=1S/C5H6O2S/c8-4-2-1-3-5(4)6-7-5/h1-3H2. The van der Waals surface area contributed by atoms with E-state index in [0.717, 1.165) is 24.1 Å². The smallest absolute Gasteiger partial charge is 0.189 e. The highest BCUT2D eigenvalue weighted by Crippen LogP contribution is 2.42. The zero-order valence-corrected chi connectivity index (χ0v) is 5.16. The van der Waals surface area contributed by atoms with Crippen LogP contribution in [0.2, 0.25) is 0 Å². The van der Waals surface area contributed by atoms with Crippen LogP contribution >= 0.6 is 12.2 Å². The van der Waals surface area contributed by atoms with Gasteiger partial charge in [0.1, 0.15) is 0 Å². The lowest BCUT2D eigenvalue weighted by Crippen LogP contribution is -2.12. The van der Waals surface area contributed by atoms with E-state index >= 15 is 0 Å². The summed E-state index contributed by atoms with van der Waals surface area (Å²) in [6.07, 6.45) is 3.08. The molecule has 1 saturated carbocycles. The molecule has 0 aromatic heterocycles. The maximum atomic E-state index is 4.97. The lowest BCUT2D eigenvalue weighted by atomic mass is 10.3. The topological polar surface area (TPSA) is 25.1 Å². The number of hydrogen-bond acceptors (Lipinski definition) is 3. The Bertz CT molecular complexity index is 139. The van der Waals surface area contributed by atoms with Gasteiger partial charge in [0.25, 0.3) is 5.79 Å². The minimum atomic E-state index is -0.366. The van der Waals surface area contributed by atoms with Crippen LogP contribution in [0.5, 0.6) is 0 Å². The minimum absolute atomic E-state index is 0.366. The molecule has 8 heavy (non-hydrogen) atoms. The Kier molecular flexibility index (Phi) is 0.782. The highest BCUT2D eigenvalue weighted by molar-refractivity contribution is 7.80. The van der Waals surface area contributed by atoms with E-state index in [9.17, 15) is 0 Å². The highest BCUT2D eigenvalue weighted by Gasteiger charge is 2.55. The monoisotopic (exact) mass is 130 g/mol. The van der Waals surface area contributed by atoms with Gasteiger partial charge in [0.05, 0.1) is 4.86 Å². The van der Waals surface area contributed by atoms with E-state index in [2.05, 4.69) is 0 Å². The molecule has 3 heteroatoms. The molecule has 1 saturated heterocycles. The SMILES string of the molecule is S=C1CCCC12OO2. The van der Waals surface area contributed by atoms with Crippen molar-refractivity contribution in [3.63, 3.8) is 0 Å². The molecule has 2 nitrogen and oxygen atoms in total. The molecule has 2 aliphatic rings. The van der Waals surface area contributed by atoms with Gasteiger partial charge < -0.3 is 0 Å². The van der Waals surface area contributed by atoms with Crippen LogP contribution in [0.15, 0.2) is 0 Å². The third kappa shape index (κ3) is 0.465. The zero-order valence-electron chi connectivity index (χ0n) is 4.35. The zero-order chi connectivity index (χ0) is 5.61. The summed E-state index contributed by atoms with van der Waals surface area (Å²) in [4.78, 5) is 10.4. The van der Waals surface area contributed by atoms with Gasteiger partial charge in [0.15, 0.2) is 0 Å². The van der Waals surface area contributed by atoms with E-state index in [0.29, 0.717) is 0 Å². The lowest BCUT2D eigenvalue weighted by Gasteiger charge is -1.89. The Labute approximate surface area is 52.7 Å². The van der Waals surface area contributed by atoms with Gasteiger partial charge in [-0.2, -0.15) is 9.78 Å². The van der Waals surface area contributed by atoms with Crippen molar-refractivity contribution in [3.05, 3.63) is 0 Å². The first-order valence-electron chi connectivity index (χ1n) is 2.74. The third-order valence-electron chi connectivity index (χ3n) is 1.62. The largest absolute Gasteiger partial charge is 0.265 e. The van der Waals surface area contributed by atoms with Crippen LogP contribution in [-0.2, 0) is 9.78 Å². The number of thiocarbonyl (C=S) groups is 1. The molecule has 1 spiro atoms. The summed E-state index contributed by atoms with van der Waals surface area (Å²) in [6.45, 7) is 0. The Morgan fingerprint density at radius 2 is 2.25 bits per heavy atom. The fraction of sp³-hybridized carbons (Fsp3) is 0.800. The van der Waals surface area contributed by atoms with E-state index in [4.69, 9.17) is 22.0 Å². The average Bonchev–Trinajstić information content (AvgIpc) is 2.39. The van der Waals surface area contributed by atoms with Crippen LogP contribution in [0.3, 0.4) is 0 Å². The van der Waals surface area contributed by atoms with Crippen molar-refractivity contribution in [2.75, 3.05) is 0 Å². The molecule has 2 fully saturated rings. The normalized spacial score (nSPS) is 31.8. The molecule has 0 amide bonds. The minimum Gasteiger partial charge on any atom is -0.189 e. The summed E-state index contributed by atoms with van der Waals surface area (Å²) in [7, 11) is 0. The van der Waals surface area contributed by atoms with Crippen LogP contribution in [0.25, 0.3) is 0 Å². The van der Waals surface area contributed by atoms with E-state index in [1.807, 2.05) is 0 Å². The second-order valence-electron chi connectivity index (χ2n) is 2.20. The predicted octanol–water partition coefficient (Wildman–Crippen LogP) is 1.20. The summed E-state index contributed by atoms with van der Waals surface area (Å²) >= 11 is 4.97. The molecule has 2 rings (SSSR count). The third-order valence-corrected chi connectivity index (χ3v) is 2.13. The number of rotatable bonds is 0. The number of hydrogen-bond donors (Lipinski definition) is 0. The van der Waals surface area contributed by atoms with Gasteiger partial charge >= 0.3 is 0 Å². The molecule has 0 atom stereocenters.